The fraction of sp³-hybridized carbons (Fsp3) is 0.321. The van der Waals surface area contributed by atoms with E-state index in [-0.39, 0.29) is 36.4 Å². The molecule has 2 aromatic carbocycles. The number of cyclic esters (lactones) is 1. The highest BCUT2D eigenvalue weighted by molar-refractivity contribution is 5.84. The van der Waals surface area contributed by atoms with Gasteiger partial charge < -0.3 is 14.4 Å². The van der Waals surface area contributed by atoms with E-state index in [2.05, 4.69) is 16.0 Å². The van der Waals surface area contributed by atoms with Crippen LogP contribution < -0.4 is 15.2 Å². The van der Waals surface area contributed by atoms with E-state index in [0.717, 1.165) is 11.1 Å². The van der Waals surface area contributed by atoms with Crippen LogP contribution in [0.15, 0.2) is 53.6 Å². The zero-order valence-electron chi connectivity index (χ0n) is 22.0. The number of ether oxygens (including phenoxy) is 2. The van der Waals surface area contributed by atoms with E-state index in [1.807, 2.05) is 17.0 Å². The van der Waals surface area contributed by atoms with Gasteiger partial charge in [-0.1, -0.05) is 12.1 Å². The summed E-state index contributed by atoms with van der Waals surface area (Å²) in [7, 11) is 1.61. The zero-order valence-corrected chi connectivity index (χ0v) is 22.0. The SMILES string of the molecule is Cn1c(=O)c2ccc(-c3cnc(N4CCN5C(=O)OCC5C4)nc3)cc2n1Cc1cc(CC#N)ccc1OC(F)F. The molecular formula is C28H25F2N7O4. The molecule has 0 bridgehead atoms. The second-order valence-electron chi connectivity index (χ2n) is 9.92. The molecule has 2 aliphatic heterocycles. The molecule has 1 atom stereocenters. The third-order valence-corrected chi connectivity index (χ3v) is 7.48. The molecule has 2 aliphatic rings. The number of nitriles is 1. The molecule has 2 saturated heterocycles. The van der Waals surface area contributed by atoms with Crippen LogP contribution in [0.4, 0.5) is 19.5 Å². The zero-order chi connectivity index (χ0) is 28.7. The lowest BCUT2D eigenvalue weighted by atomic mass is 10.1. The van der Waals surface area contributed by atoms with Crippen LogP contribution in [0, 0.1) is 11.3 Å². The minimum absolute atomic E-state index is 0.0227. The summed E-state index contributed by atoms with van der Waals surface area (Å²) in [6.07, 6.45) is 3.23. The second-order valence-corrected chi connectivity index (χ2v) is 9.92. The number of fused-ring (bicyclic) bond motifs is 2. The molecule has 2 aromatic heterocycles. The molecule has 0 aliphatic carbocycles. The van der Waals surface area contributed by atoms with Gasteiger partial charge in [0.05, 0.1) is 36.0 Å². The third-order valence-electron chi connectivity index (χ3n) is 7.48. The number of amides is 1. The van der Waals surface area contributed by atoms with Gasteiger partial charge >= 0.3 is 12.7 Å². The lowest BCUT2D eigenvalue weighted by molar-refractivity contribution is -0.0505. The summed E-state index contributed by atoms with van der Waals surface area (Å²) in [5.41, 5.74) is 2.92. The van der Waals surface area contributed by atoms with Crippen molar-refractivity contribution in [3.8, 4) is 22.9 Å². The number of nitrogens with zero attached hydrogens (tertiary/aromatic N) is 7. The van der Waals surface area contributed by atoms with Crippen molar-refractivity contribution in [1.82, 2.24) is 24.2 Å². The van der Waals surface area contributed by atoms with Crippen LogP contribution in [0.25, 0.3) is 22.0 Å². The van der Waals surface area contributed by atoms with Gasteiger partial charge in [-0.25, -0.2) is 14.8 Å². The average molecular weight is 562 g/mol. The molecule has 1 amide bonds. The van der Waals surface area contributed by atoms with E-state index in [1.54, 1.807) is 47.2 Å². The third kappa shape index (κ3) is 4.93. The summed E-state index contributed by atoms with van der Waals surface area (Å²) < 4.78 is 39.2. The fourth-order valence-electron chi connectivity index (χ4n) is 5.38. The van der Waals surface area contributed by atoms with Crippen molar-refractivity contribution in [3.05, 3.63) is 70.3 Å². The molecule has 0 radical (unpaired) electrons. The molecule has 0 spiro atoms. The average Bonchev–Trinajstić information content (AvgIpc) is 3.46. The summed E-state index contributed by atoms with van der Waals surface area (Å²) in [6, 6.07) is 12.0. The van der Waals surface area contributed by atoms with E-state index in [4.69, 9.17) is 14.7 Å². The summed E-state index contributed by atoms with van der Waals surface area (Å²) in [5.74, 6) is 0.528. The number of carbonyl (C=O) groups excluding carboxylic acids is 1. The van der Waals surface area contributed by atoms with Crippen LogP contribution >= 0.6 is 0 Å². The highest BCUT2D eigenvalue weighted by Crippen LogP contribution is 2.28. The lowest BCUT2D eigenvalue weighted by Gasteiger charge is -2.35. The van der Waals surface area contributed by atoms with E-state index in [9.17, 15) is 18.4 Å². The van der Waals surface area contributed by atoms with Crippen LogP contribution in [0.5, 0.6) is 5.75 Å². The molecule has 4 heterocycles. The first-order valence-electron chi connectivity index (χ1n) is 13.0. The Labute approximate surface area is 232 Å². The normalized spacial score (nSPS) is 16.7. The van der Waals surface area contributed by atoms with E-state index < -0.39 is 6.61 Å². The lowest BCUT2D eigenvalue weighted by Crippen LogP contribution is -2.52. The maximum Gasteiger partial charge on any atom is 0.410 e. The first kappa shape index (κ1) is 26.2. The molecule has 6 rings (SSSR count). The number of aromatic nitrogens is 4. The number of rotatable bonds is 7. The fourth-order valence-corrected chi connectivity index (χ4v) is 5.38. The Morgan fingerprint density at radius 3 is 2.68 bits per heavy atom. The topological polar surface area (TPSA) is 119 Å². The van der Waals surface area contributed by atoms with Gasteiger partial charge in [0.15, 0.2) is 0 Å². The van der Waals surface area contributed by atoms with Crippen LogP contribution in [0.3, 0.4) is 0 Å². The van der Waals surface area contributed by atoms with Gasteiger partial charge in [-0.05, 0) is 35.4 Å². The predicted molar refractivity (Wildman–Crippen MR) is 144 cm³/mol. The van der Waals surface area contributed by atoms with Gasteiger partial charge in [0, 0.05) is 50.2 Å². The number of hydrogen-bond acceptors (Lipinski definition) is 8. The number of benzene rings is 2. The molecule has 41 heavy (non-hydrogen) atoms. The Kier molecular flexibility index (Phi) is 6.74. The van der Waals surface area contributed by atoms with E-state index >= 15 is 0 Å². The van der Waals surface area contributed by atoms with E-state index in [0.29, 0.717) is 54.2 Å². The van der Waals surface area contributed by atoms with Crippen LogP contribution in [0.1, 0.15) is 11.1 Å². The maximum atomic E-state index is 13.1. The van der Waals surface area contributed by atoms with Crippen molar-refractivity contribution < 1.29 is 23.0 Å². The number of hydrogen-bond donors (Lipinski definition) is 0. The number of halogens is 2. The molecule has 4 aromatic rings. The quantitative estimate of drug-likeness (QED) is 0.338. The van der Waals surface area contributed by atoms with Gasteiger partial charge in [-0.15, -0.1) is 0 Å². The number of piperazine rings is 1. The Morgan fingerprint density at radius 1 is 1.12 bits per heavy atom. The number of carbonyl (C=O) groups is 1. The summed E-state index contributed by atoms with van der Waals surface area (Å²) in [5, 5.41) is 9.56. The van der Waals surface area contributed by atoms with Gasteiger partial charge in [-0.2, -0.15) is 14.0 Å². The minimum Gasteiger partial charge on any atom is -0.447 e. The van der Waals surface area contributed by atoms with Crippen molar-refractivity contribution in [3.63, 3.8) is 0 Å². The molecule has 2 fully saturated rings. The smallest absolute Gasteiger partial charge is 0.410 e. The van der Waals surface area contributed by atoms with Crippen LogP contribution in [-0.4, -0.2) is 69.2 Å². The first-order chi connectivity index (χ1) is 19.8. The maximum absolute atomic E-state index is 13.1. The molecule has 0 N–H and O–H groups in total. The van der Waals surface area contributed by atoms with Crippen molar-refractivity contribution in [2.24, 2.45) is 7.05 Å². The highest BCUT2D eigenvalue weighted by atomic mass is 19.3. The van der Waals surface area contributed by atoms with Crippen molar-refractivity contribution in [1.29, 1.82) is 5.26 Å². The molecule has 11 nitrogen and oxygen atoms in total. The molecular weight excluding hydrogens is 536 g/mol. The van der Waals surface area contributed by atoms with Gasteiger partial charge in [0.1, 0.15) is 12.4 Å². The molecule has 0 saturated carbocycles. The standard InChI is InChI=1S/C28H25F2N7O4/c1-34-25(38)22-4-3-18(20-12-32-27(33-13-20)35-8-9-36-21(15-35)16-40-28(36)39)11-23(22)37(34)14-19-10-17(6-7-31)2-5-24(19)41-26(29)30/h2-5,10-13,21,26H,6,8-9,14-16H2,1H3. The molecule has 1 unspecified atom stereocenters. The summed E-state index contributed by atoms with van der Waals surface area (Å²) >= 11 is 0. The van der Waals surface area contributed by atoms with Gasteiger partial charge in [0.25, 0.3) is 5.56 Å². The summed E-state index contributed by atoms with van der Waals surface area (Å²) in [6.45, 7) is -0.881. The molecule has 13 heteroatoms. The summed E-state index contributed by atoms with van der Waals surface area (Å²) in [4.78, 5) is 37.7. The Hall–Kier alpha value is -4.99. The largest absolute Gasteiger partial charge is 0.447 e. The van der Waals surface area contributed by atoms with Crippen molar-refractivity contribution >= 4 is 22.9 Å². The Bertz CT molecular complexity index is 1730. The minimum atomic E-state index is -3.02. The Morgan fingerprint density at radius 2 is 1.93 bits per heavy atom. The Balaban J connectivity index is 1.31. The highest BCUT2D eigenvalue weighted by Gasteiger charge is 2.38. The first-order valence-corrected chi connectivity index (χ1v) is 13.0. The van der Waals surface area contributed by atoms with Gasteiger partial charge in [-0.3, -0.25) is 19.1 Å². The van der Waals surface area contributed by atoms with Crippen LogP contribution in [-0.2, 0) is 24.8 Å². The van der Waals surface area contributed by atoms with Crippen molar-refractivity contribution in [2.75, 3.05) is 31.1 Å². The van der Waals surface area contributed by atoms with Gasteiger partial charge in [0.2, 0.25) is 5.95 Å². The second kappa shape index (κ2) is 10.5. The molecule has 210 valence electrons. The van der Waals surface area contributed by atoms with Crippen molar-refractivity contribution in [2.45, 2.75) is 25.6 Å². The van der Waals surface area contributed by atoms with E-state index in [1.165, 1.54) is 10.7 Å². The number of anilines is 1. The predicted octanol–water partition coefficient (Wildman–Crippen LogP) is 3.15. The monoisotopic (exact) mass is 561 g/mol. The number of alkyl halides is 2. The van der Waals surface area contributed by atoms with Crippen LogP contribution in [0.2, 0.25) is 0 Å².